The van der Waals surface area contributed by atoms with E-state index in [0.717, 1.165) is 31.5 Å². The molecule has 2 heterocycles. The summed E-state index contributed by atoms with van der Waals surface area (Å²) in [4.78, 5) is 12.1. The van der Waals surface area contributed by atoms with E-state index in [1.54, 1.807) is 0 Å². The Balaban J connectivity index is 1.68. The largest absolute Gasteiger partial charge is 0.449 e. The highest BCUT2D eigenvalue weighted by molar-refractivity contribution is 5.95. The Hall–Kier alpha value is -1.75. The molecule has 1 saturated heterocycles. The van der Waals surface area contributed by atoms with Crippen LogP contribution < -0.4 is 20.1 Å². The van der Waals surface area contributed by atoms with E-state index in [1.807, 2.05) is 32.0 Å². The van der Waals surface area contributed by atoms with E-state index in [-0.39, 0.29) is 11.9 Å². The quantitative estimate of drug-likeness (QED) is 0.870. The maximum atomic E-state index is 12.1. The maximum absolute atomic E-state index is 12.1. The first-order valence-electron chi connectivity index (χ1n) is 7.10. The summed E-state index contributed by atoms with van der Waals surface area (Å²) in [6.07, 6.45) is 3.13. The topological polar surface area (TPSA) is 59.6 Å². The van der Waals surface area contributed by atoms with E-state index in [4.69, 9.17) is 9.47 Å². The molecule has 0 spiro atoms. The Labute approximate surface area is 118 Å². The molecular weight excluding hydrogens is 256 g/mol. The monoisotopic (exact) mass is 276 g/mol. The zero-order valence-electron chi connectivity index (χ0n) is 11.9. The van der Waals surface area contributed by atoms with Gasteiger partial charge in [0.25, 0.3) is 0 Å². The van der Waals surface area contributed by atoms with Gasteiger partial charge < -0.3 is 20.1 Å². The van der Waals surface area contributed by atoms with E-state index in [9.17, 15) is 4.79 Å². The summed E-state index contributed by atoms with van der Waals surface area (Å²) in [6, 6.07) is 5.38. The van der Waals surface area contributed by atoms with E-state index in [0.29, 0.717) is 11.5 Å². The van der Waals surface area contributed by atoms with Gasteiger partial charge in [0.1, 0.15) is 0 Å². The molecule has 1 aromatic rings. The van der Waals surface area contributed by atoms with Crippen LogP contribution in [-0.4, -0.2) is 24.3 Å². The number of hydrogen-bond acceptors (Lipinski definition) is 4. The summed E-state index contributed by atoms with van der Waals surface area (Å²) >= 11 is 0. The first kappa shape index (κ1) is 13.2. The zero-order chi connectivity index (χ0) is 14.2. The average Bonchev–Trinajstić information content (AvgIpc) is 2.73. The van der Waals surface area contributed by atoms with Crippen molar-refractivity contribution in [3.8, 4) is 11.5 Å². The van der Waals surface area contributed by atoms with E-state index >= 15 is 0 Å². The number of rotatable bonds is 2. The molecule has 0 radical (unpaired) electrons. The number of nitrogens with one attached hydrogen (secondary N) is 2. The lowest BCUT2D eigenvalue weighted by atomic mass is 10.0. The summed E-state index contributed by atoms with van der Waals surface area (Å²) in [6.45, 7) is 4.63. The zero-order valence-corrected chi connectivity index (χ0v) is 11.9. The molecule has 20 heavy (non-hydrogen) atoms. The second-order valence-electron chi connectivity index (χ2n) is 5.76. The van der Waals surface area contributed by atoms with Crippen LogP contribution in [0.15, 0.2) is 18.2 Å². The average molecular weight is 276 g/mol. The predicted molar refractivity (Wildman–Crippen MR) is 76.0 cm³/mol. The van der Waals surface area contributed by atoms with Crippen LogP contribution in [0.25, 0.3) is 0 Å². The lowest BCUT2D eigenvalue weighted by Crippen LogP contribution is -2.43. The minimum absolute atomic E-state index is 0.0165. The van der Waals surface area contributed by atoms with Crippen molar-refractivity contribution >= 4 is 11.6 Å². The molecule has 1 atom stereocenters. The van der Waals surface area contributed by atoms with Crippen LogP contribution in [0.5, 0.6) is 11.5 Å². The van der Waals surface area contributed by atoms with Gasteiger partial charge in [-0.25, -0.2) is 0 Å². The molecule has 5 heteroatoms. The minimum Gasteiger partial charge on any atom is -0.449 e. The highest BCUT2D eigenvalue weighted by atomic mass is 16.7. The van der Waals surface area contributed by atoms with Crippen molar-refractivity contribution in [2.75, 3.05) is 11.9 Å². The van der Waals surface area contributed by atoms with Crippen LogP contribution in [0, 0.1) is 0 Å². The number of hydrogen-bond donors (Lipinski definition) is 2. The molecule has 0 aromatic heterocycles. The van der Waals surface area contributed by atoms with Gasteiger partial charge in [0.05, 0.1) is 6.04 Å². The SMILES string of the molecule is CC1(C)Oc2ccc(NC(=O)C3CCCCN3)cc2O1. The lowest BCUT2D eigenvalue weighted by molar-refractivity contribution is -0.118. The van der Waals surface area contributed by atoms with Crippen molar-refractivity contribution in [3.63, 3.8) is 0 Å². The van der Waals surface area contributed by atoms with Crippen LogP contribution in [0.1, 0.15) is 33.1 Å². The molecule has 1 amide bonds. The van der Waals surface area contributed by atoms with Crippen LogP contribution in [0.2, 0.25) is 0 Å². The summed E-state index contributed by atoms with van der Waals surface area (Å²) in [5, 5.41) is 6.17. The number of amides is 1. The minimum atomic E-state index is -0.643. The van der Waals surface area contributed by atoms with Gasteiger partial charge in [-0.2, -0.15) is 0 Å². The number of anilines is 1. The summed E-state index contributed by atoms with van der Waals surface area (Å²) in [5.41, 5.74) is 0.738. The molecule has 0 aliphatic carbocycles. The molecule has 2 aliphatic rings. The molecule has 1 aromatic carbocycles. The van der Waals surface area contributed by atoms with Crippen LogP contribution >= 0.6 is 0 Å². The highest BCUT2D eigenvalue weighted by Crippen LogP contribution is 2.40. The fourth-order valence-corrected chi connectivity index (χ4v) is 2.61. The third kappa shape index (κ3) is 2.72. The number of carbonyl (C=O) groups is 1. The summed E-state index contributed by atoms with van der Waals surface area (Å²) in [7, 11) is 0. The van der Waals surface area contributed by atoms with Crippen molar-refractivity contribution in [1.82, 2.24) is 5.32 Å². The van der Waals surface area contributed by atoms with Gasteiger partial charge in [0.15, 0.2) is 11.5 Å². The van der Waals surface area contributed by atoms with Crippen molar-refractivity contribution in [2.45, 2.75) is 44.9 Å². The first-order valence-corrected chi connectivity index (χ1v) is 7.10. The van der Waals surface area contributed by atoms with E-state index < -0.39 is 5.79 Å². The second-order valence-corrected chi connectivity index (χ2v) is 5.76. The van der Waals surface area contributed by atoms with Crippen molar-refractivity contribution in [3.05, 3.63) is 18.2 Å². The predicted octanol–water partition coefficient (Wildman–Crippen LogP) is 2.27. The van der Waals surface area contributed by atoms with Gasteiger partial charge in [0.2, 0.25) is 11.7 Å². The van der Waals surface area contributed by atoms with Crippen molar-refractivity contribution in [2.24, 2.45) is 0 Å². The number of fused-ring (bicyclic) bond motifs is 1. The Kier molecular flexibility index (Phi) is 3.30. The van der Waals surface area contributed by atoms with Gasteiger partial charge in [-0.05, 0) is 31.5 Å². The van der Waals surface area contributed by atoms with Crippen LogP contribution in [-0.2, 0) is 4.79 Å². The molecule has 5 nitrogen and oxygen atoms in total. The third-order valence-corrected chi connectivity index (χ3v) is 3.55. The van der Waals surface area contributed by atoms with Gasteiger partial charge in [-0.3, -0.25) is 4.79 Å². The maximum Gasteiger partial charge on any atom is 0.246 e. The molecule has 0 saturated carbocycles. The molecule has 1 unspecified atom stereocenters. The van der Waals surface area contributed by atoms with Crippen molar-refractivity contribution in [1.29, 1.82) is 0 Å². The fourth-order valence-electron chi connectivity index (χ4n) is 2.61. The summed E-state index contributed by atoms with van der Waals surface area (Å²) < 4.78 is 11.3. The molecule has 1 fully saturated rings. The molecular formula is C15H20N2O3. The second kappa shape index (κ2) is 4.98. The Morgan fingerprint density at radius 2 is 2.10 bits per heavy atom. The fraction of sp³-hybridized carbons (Fsp3) is 0.533. The van der Waals surface area contributed by atoms with Crippen LogP contribution in [0.4, 0.5) is 5.69 Å². The third-order valence-electron chi connectivity index (χ3n) is 3.55. The van der Waals surface area contributed by atoms with E-state index in [1.165, 1.54) is 0 Å². The van der Waals surface area contributed by atoms with Crippen molar-refractivity contribution < 1.29 is 14.3 Å². The van der Waals surface area contributed by atoms with Gasteiger partial charge in [0, 0.05) is 25.6 Å². The van der Waals surface area contributed by atoms with Gasteiger partial charge >= 0.3 is 0 Å². The van der Waals surface area contributed by atoms with E-state index in [2.05, 4.69) is 10.6 Å². The smallest absolute Gasteiger partial charge is 0.246 e. The molecule has 3 rings (SSSR count). The number of benzene rings is 1. The molecule has 108 valence electrons. The number of carbonyl (C=O) groups excluding carboxylic acids is 1. The Morgan fingerprint density at radius 1 is 1.30 bits per heavy atom. The molecule has 2 N–H and O–H groups in total. The van der Waals surface area contributed by atoms with Gasteiger partial charge in [-0.15, -0.1) is 0 Å². The van der Waals surface area contributed by atoms with Gasteiger partial charge in [-0.1, -0.05) is 6.42 Å². The van der Waals surface area contributed by atoms with Crippen LogP contribution in [0.3, 0.4) is 0 Å². The number of ether oxygens (including phenoxy) is 2. The number of piperidine rings is 1. The Morgan fingerprint density at radius 3 is 2.85 bits per heavy atom. The summed E-state index contributed by atoms with van der Waals surface area (Å²) in [5.74, 6) is 0.756. The standard InChI is InChI=1S/C15H20N2O3/c1-15(2)19-12-7-6-10(9-13(12)20-15)17-14(18)11-5-3-4-8-16-11/h6-7,9,11,16H,3-5,8H2,1-2H3,(H,17,18). The highest BCUT2D eigenvalue weighted by Gasteiger charge is 2.31. The Bertz CT molecular complexity index is 522. The normalized spacial score (nSPS) is 23.4. The molecule has 0 bridgehead atoms. The first-order chi connectivity index (χ1) is 9.53. The lowest BCUT2D eigenvalue weighted by Gasteiger charge is -2.22. The molecule has 2 aliphatic heterocycles.